The first-order valence-electron chi connectivity index (χ1n) is 11.5. The van der Waals surface area contributed by atoms with E-state index in [4.69, 9.17) is 5.11 Å². The second-order valence-electron chi connectivity index (χ2n) is 8.07. The normalized spacial score (nSPS) is 16.2. The van der Waals surface area contributed by atoms with Crippen LogP contribution in [0.1, 0.15) is 12.8 Å². The van der Waals surface area contributed by atoms with E-state index in [1.165, 1.54) is 0 Å². The zero-order valence-electron chi connectivity index (χ0n) is 20.3. The van der Waals surface area contributed by atoms with Gasteiger partial charge >= 0.3 is 11.9 Å². The molecule has 0 rings (SSSR count). The summed E-state index contributed by atoms with van der Waals surface area (Å²) < 4.78 is 0. The smallest absolute Gasteiger partial charge is 0.325 e. The summed E-state index contributed by atoms with van der Waals surface area (Å²) in [5.74, 6) is -8.63. The molecule has 4 atom stereocenters. The van der Waals surface area contributed by atoms with Crippen LogP contribution in [0.25, 0.3) is 0 Å². The molecule has 13 N–H and O–H groups in total. The first-order valence-corrected chi connectivity index (χ1v) is 11.5. The zero-order chi connectivity index (χ0) is 28.4. The van der Waals surface area contributed by atoms with Crippen molar-refractivity contribution in [1.82, 2.24) is 26.6 Å². The van der Waals surface area contributed by atoms with Crippen LogP contribution in [0.15, 0.2) is 0 Å². The van der Waals surface area contributed by atoms with Gasteiger partial charge in [-0.15, -0.1) is 0 Å². The molecule has 4 unspecified atom stereocenters. The van der Waals surface area contributed by atoms with Gasteiger partial charge in [-0.25, -0.2) is 0 Å². The highest BCUT2D eigenvalue weighted by atomic mass is 16.4. The highest BCUT2D eigenvalue weighted by Gasteiger charge is 2.57. The van der Waals surface area contributed by atoms with Gasteiger partial charge in [-0.1, -0.05) is 0 Å². The van der Waals surface area contributed by atoms with E-state index < -0.39 is 92.9 Å². The Morgan fingerprint density at radius 3 is 1.49 bits per heavy atom. The van der Waals surface area contributed by atoms with Crippen LogP contribution >= 0.6 is 0 Å². The van der Waals surface area contributed by atoms with Crippen molar-refractivity contribution in [3.8, 4) is 0 Å². The van der Waals surface area contributed by atoms with Crippen LogP contribution in [0, 0.1) is 11.8 Å². The minimum Gasteiger partial charge on any atom is -0.480 e. The number of aliphatic carboxylic acids is 2. The predicted octanol–water partition coefficient (Wildman–Crippen LogP) is -6.49. The van der Waals surface area contributed by atoms with Gasteiger partial charge in [0.05, 0.1) is 43.8 Å². The van der Waals surface area contributed by atoms with Gasteiger partial charge in [0.25, 0.3) is 0 Å². The Labute approximate surface area is 212 Å². The number of hydrogen-bond acceptors (Lipinski definition) is 13. The van der Waals surface area contributed by atoms with Crippen molar-refractivity contribution < 1.29 is 60.0 Å². The van der Waals surface area contributed by atoms with E-state index in [0.29, 0.717) is 0 Å². The molecule has 0 aromatic heterocycles. The molecule has 0 fully saturated rings. The van der Waals surface area contributed by atoms with E-state index in [-0.39, 0.29) is 32.7 Å². The maximum atomic E-state index is 12.9. The van der Waals surface area contributed by atoms with Gasteiger partial charge in [-0.3, -0.25) is 24.5 Å². The third kappa shape index (κ3) is 11.6. The lowest BCUT2D eigenvalue weighted by molar-refractivity contribution is -0.161. The fourth-order valence-electron chi connectivity index (χ4n) is 3.81. The third-order valence-electron chi connectivity index (χ3n) is 5.50. The molecule has 0 aliphatic rings. The highest BCUT2D eigenvalue weighted by molar-refractivity contribution is 5.96. The Balaban J connectivity index is 6.29. The van der Waals surface area contributed by atoms with Gasteiger partial charge in [0.1, 0.15) is 19.0 Å². The Morgan fingerprint density at radius 2 is 1.11 bits per heavy atom. The van der Waals surface area contributed by atoms with Crippen molar-refractivity contribution >= 4 is 23.8 Å². The number of carbonyl (C=O) groups excluding carboxylic acids is 2. The van der Waals surface area contributed by atoms with Crippen molar-refractivity contribution in [3.63, 3.8) is 0 Å². The summed E-state index contributed by atoms with van der Waals surface area (Å²) in [5.41, 5.74) is -2.58. The fraction of sp³-hybridized carbons (Fsp3) is 0.800. The van der Waals surface area contributed by atoms with Gasteiger partial charge in [-0.05, 0) is 12.8 Å². The van der Waals surface area contributed by atoms with Crippen molar-refractivity contribution in [1.29, 1.82) is 0 Å². The summed E-state index contributed by atoms with van der Waals surface area (Å²) >= 11 is 0. The number of aliphatic hydroxyl groups excluding tert-OH is 6. The molecule has 0 aliphatic heterocycles. The molecule has 2 amide bonds. The SMILES string of the molecule is O=C(O)CNCCNCCNC(C(=O)O)(C(CC(O)CO)C(=O)NCO)C(CC(O)CO)C(=O)NCO. The van der Waals surface area contributed by atoms with Crippen LogP contribution in [-0.2, 0) is 19.2 Å². The number of hydrogen-bond donors (Lipinski definition) is 13. The minimum atomic E-state index is -2.58. The second-order valence-corrected chi connectivity index (χ2v) is 8.07. The van der Waals surface area contributed by atoms with E-state index in [2.05, 4.69) is 16.0 Å². The number of aliphatic hydroxyl groups is 6. The number of carbonyl (C=O) groups is 4. The first kappa shape index (κ1) is 34.5. The van der Waals surface area contributed by atoms with Gasteiger partial charge in [0.2, 0.25) is 11.8 Å². The topological polar surface area (TPSA) is 290 Å². The molecule has 216 valence electrons. The van der Waals surface area contributed by atoms with Crippen LogP contribution in [0.5, 0.6) is 0 Å². The van der Waals surface area contributed by atoms with Gasteiger partial charge in [0, 0.05) is 26.2 Å². The molecule has 0 bridgehead atoms. The Hall–Kier alpha value is -2.48. The number of nitrogens with one attached hydrogen (secondary N) is 5. The average molecular weight is 542 g/mol. The van der Waals surface area contributed by atoms with E-state index >= 15 is 0 Å². The quantitative estimate of drug-likeness (QED) is 0.0448. The fourth-order valence-corrected chi connectivity index (χ4v) is 3.81. The summed E-state index contributed by atoms with van der Waals surface area (Å²) in [6.07, 6.45) is -4.60. The van der Waals surface area contributed by atoms with E-state index in [9.17, 15) is 54.9 Å². The van der Waals surface area contributed by atoms with Crippen LogP contribution in [-0.4, -0.2) is 142 Å². The maximum absolute atomic E-state index is 12.9. The van der Waals surface area contributed by atoms with Crippen LogP contribution in [0.4, 0.5) is 0 Å². The Kier molecular flexibility index (Phi) is 17.5. The molecular weight excluding hydrogens is 502 g/mol. The molecule has 0 radical (unpaired) electrons. The third-order valence-corrected chi connectivity index (χ3v) is 5.50. The predicted molar refractivity (Wildman–Crippen MR) is 125 cm³/mol. The van der Waals surface area contributed by atoms with Crippen LogP contribution in [0.3, 0.4) is 0 Å². The van der Waals surface area contributed by atoms with Crippen molar-refractivity contribution in [2.24, 2.45) is 11.8 Å². The van der Waals surface area contributed by atoms with Crippen LogP contribution in [0.2, 0.25) is 0 Å². The van der Waals surface area contributed by atoms with Crippen LogP contribution < -0.4 is 26.6 Å². The molecule has 0 heterocycles. The number of amides is 2. The first-order chi connectivity index (χ1) is 17.5. The molecule has 0 aromatic rings. The average Bonchev–Trinajstić information content (AvgIpc) is 2.85. The lowest BCUT2D eigenvalue weighted by Gasteiger charge is -2.43. The largest absolute Gasteiger partial charge is 0.480 e. The molecule has 0 aromatic carbocycles. The standard InChI is InChI=1S/C20H39N5O12/c26-8-12(30)5-14(17(34)23-10-28)20(19(36)37,15(6-13(31)9-27)18(35)24-11-29)25-4-3-21-1-2-22-7-16(32)33/h12-15,21-22,25-31H,1-11H2,(H,23,34)(H,24,35)(H,32,33)(H,36,37). The summed E-state index contributed by atoms with van der Waals surface area (Å²) in [6.45, 7) is -3.47. The van der Waals surface area contributed by atoms with E-state index in [0.717, 1.165) is 0 Å². The summed E-state index contributed by atoms with van der Waals surface area (Å²) in [6, 6.07) is 0. The summed E-state index contributed by atoms with van der Waals surface area (Å²) in [4.78, 5) is 49.2. The highest BCUT2D eigenvalue weighted by Crippen LogP contribution is 2.34. The monoisotopic (exact) mass is 541 g/mol. The Bertz CT molecular complexity index is 679. The molecule has 0 spiro atoms. The number of carboxylic acids is 2. The molecule has 0 aliphatic carbocycles. The Morgan fingerprint density at radius 1 is 0.676 bits per heavy atom. The van der Waals surface area contributed by atoms with Crippen molar-refractivity contribution in [3.05, 3.63) is 0 Å². The van der Waals surface area contributed by atoms with E-state index in [1.54, 1.807) is 0 Å². The molecule has 0 saturated carbocycles. The van der Waals surface area contributed by atoms with Gasteiger partial charge < -0.3 is 62.1 Å². The molecule has 0 saturated heterocycles. The lowest BCUT2D eigenvalue weighted by atomic mass is 9.68. The number of carboxylic acid groups (broad SMARTS) is 2. The van der Waals surface area contributed by atoms with Crippen molar-refractivity contribution in [2.45, 2.75) is 30.6 Å². The minimum absolute atomic E-state index is 0.0531. The zero-order valence-corrected chi connectivity index (χ0v) is 20.3. The molecule has 17 heteroatoms. The van der Waals surface area contributed by atoms with Gasteiger partial charge in [-0.2, -0.15) is 0 Å². The number of rotatable bonds is 22. The molecule has 17 nitrogen and oxygen atoms in total. The van der Waals surface area contributed by atoms with Crippen molar-refractivity contribution in [2.75, 3.05) is 59.4 Å². The molecular formula is C20H39N5O12. The maximum Gasteiger partial charge on any atom is 0.325 e. The molecule has 37 heavy (non-hydrogen) atoms. The lowest BCUT2D eigenvalue weighted by Crippen LogP contribution is -2.69. The summed E-state index contributed by atoms with van der Waals surface area (Å²) in [7, 11) is 0. The van der Waals surface area contributed by atoms with Gasteiger partial charge in [0.15, 0.2) is 0 Å². The van der Waals surface area contributed by atoms with E-state index in [1.807, 2.05) is 10.6 Å². The second kappa shape index (κ2) is 18.7. The summed E-state index contributed by atoms with van der Waals surface area (Å²) in [5, 5.41) is 88.4.